The summed E-state index contributed by atoms with van der Waals surface area (Å²) in [7, 11) is 0. The van der Waals surface area contributed by atoms with Crippen molar-refractivity contribution in [3.63, 3.8) is 0 Å². The van der Waals surface area contributed by atoms with E-state index in [1.165, 1.54) is 16.7 Å². The molecule has 0 spiro atoms. The number of carbonyl (C=O) groups is 1. The Hall–Kier alpha value is -2.17. The number of benzene rings is 2. The van der Waals surface area contributed by atoms with Crippen LogP contribution in [0.25, 0.3) is 0 Å². The minimum absolute atomic E-state index is 0.219. The van der Waals surface area contributed by atoms with Gasteiger partial charge in [-0.25, -0.2) is 0 Å². The van der Waals surface area contributed by atoms with Gasteiger partial charge in [-0.05, 0) is 48.9 Å². The van der Waals surface area contributed by atoms with E-state index in [1.54, 1.807) is 0 Å². The second-order valence-electron chi connectivity index (χ2n) is 7.27. The van der Waals surface area contributed by atoms with Gasteiger partial charge in [0, 0.05) is 13.1 Å². The van der Waals surface area contributed by atoms with Gasteiger partial charge in [0.2, 0.25) is 0 Å². The summed E-state index contributed by atoms with van der Waals surface area (Å²) in [5, 5.41) is 9.17. The predicted octanol–water partition coefficient (Wildman–Crippen LogP) is 3.63. The third-order valence-electron chi connectivity index (χ3n) is 5.28. The van der Waals surface area contributed by atoms with Gasteiger partial charge in [-0.15, -0.1) is 0 Å². The average molecular weight is 367 g/mol. The van der Waals surface area contributed by atoms with Crippen LogP contribution in [-0.4, -0.2) is 48.8 Å². The maximum Gasteiger partial charge on any atom is 0.307 e. The Morgan fingerprint density at radius 2 is 1.78 bits per heavy atom. The Labute approximate surface area is 161 Å². The molecule has 0 saturated carbocycles. The summed E-state index contributed by atoms with van der Waals surface area (Å²) in [6.45, 7) is 3.80. The fourth-order valence-corrected chi connectivity index (χ4v) is 3.73. The number of carboxylic acids is 1. The summed E-state index contributed by atoms with van der Waals surface area (Å²) in [4.78, 5) is 13.4. The number of rotatable bonds is 9. The monoisotopic (exact) mass is 367 g/mol. The molecule has 0 bridgehead atoms. The Kier molecular flexibility index (Phi) is 7.43. The summed E-state index contributed by atoms with van der Waals surface area (Å²) < 4.78 is 5.85. The van der Waals surface area contributed by atoms with Crippen LogP contribution < -0.4 is 0 Å². The number of carboxylic acid groups (broad SMARTS) is 1. The molecule has 3 rings (SSSR count). The first-order chi connectivity index (χ1) is 13.2. The zero-order valence-corrected chi connectivity index (χ0v) is 15.8. The summed E-state index contributed by atoms with van der Waals surface area (Å²) >= 11 is 0. The quantitative estimate of drug-likeness (QED) is 0.688. The summed E-state index contributed by atoms with van der Waals surface area (Å²) in [6, 6.07) is 19.1. The van der Waals surface area contributed by atoms with Crippen LogP contribution in [0.3, 0.4) is 0 Å². The minimum atomic E-state index is -0.671. The van der Waals surface area contributed by atoms with Crippen molar-refractivity contribution in [2.45, 2.75) is 25.7 Å². The van der Waals surface area contributed by atoms with Gasteiger partial charge in [-0.3, -0.25) is 4.79 Å². The molecule has 1 atom stereocenters. The van der Waals surface area contributed by atoms with Gasteiger partial charge < -0.3 is 14.7 Å². The predicted molar refractivity (Wildman–Crippen MR) is 107 cm³/mol. The van der Waals surface area contributed by atoms with Crippen molar-refractivity contribution in [3.8, 4) is 0 Å². The zero-order chi connectivity index (χ0) is 18.9. The van der Waals surface area contributed by atoms with Gasteiger partial charge in [0.05, 0.1) is 19.1 Å². The molecule has 1 fully saturated rings. The lowest BCUT2D eigenvalue weighted by molar-refractivity contribution is -0.143. The maximum absolute atomic E-state index is 11.1. The van der Waals surface area contributed by atoms with Gasteiger partial charge in [0.25, 0.3) is 0 Å². The molecule has 2 aromatic rings. The van der Waals surface area contributed by atoms with Crippen molar-refractivity contribution in [2.75, 3.05) is 32.8 Å². The van der Waals surface area contributed by atoms with Crippen LogP contribution in [0.15, 0.2) is 54.6 Å². The van der Waals surface area contributed by atoms with E-state index in [1.807, 2.05) is 6.07 Å². The number of hydrogen-bond donors (Lipinski definition) is 1. The smallest absolute Gasteiger partial charge is 0.307 e. The molecule has 4 heteroatoms. The molecule has 0 radical (unpaired) electrons. The normalized spacial score (nSPS) is 17.7. The van der Waals surface area contributed by atoms with Crippen LogP contribution in [0.5, 0.6) is 0 Å². The molecule has 1 saturated heterocycles. The van der Waals surface area contributed by atoms with E-state index >= 15 is 0 Å². The zero-order valence-electron chi connectivity index (χ0n) is 15.8. The summed E-state index contributed by atoms with van der Waals surface area (Å²) in [6.07, 6.45) is 3.61. The number of nitrogens with zero attached hydrogens (tertiary/aromatic N) is 1. The average Bonchev–Trinajstić information content (AvgIpc) is 2.70. The molecule has 27 heavy (non-hydrogen) atoms. The standard InChI is InChI=1S/C23H29NO3/c25-23(26)22-11-6-13-24(18-22)14-16-27-15-12-20-9-4-5-10-21(20)17-19-7-2-1-3-8-19/h1-5,7-10,22H,6,11-18H2,(H,25,26)/t22-/m1/s1. The fourth-order valence-electron chi connectivity index (χ4n) is 3.73. The minimum Gasteiger partial charge on any atom is -0.481 e. The maximum atomic E-state index is 11.1. The number of piperidine rings is 1. The van der Waals surface area contributed by atoms with E-state index in [0.717, 1.165) is 38.8 Å². The van der Waals surface area contributed by atoms with Crippen molar-refractivity contribution < 1.29 is 14.6 Å². The second kappa shape index (κ2) is 10.2. The van der Waals surface area contributed by atoms with Gasteiger partial charge in [0.15, 0.2) is 0 Å². The first-order valence-electron chi connectivity index (χ1n) is 9.86. The summed E-state index contributed by atoms with van der Waals surface area (Å²) in [5.74, 6) is -0.890. The van der Waals surface area contributed by atoms with Gasteiger partial charge in [0.1, 0.15) is 0 Å². The third kappa shape index (κ3) is 6.19. The van der Waals surface area contributed by atoms with E-state index < -0.39 is 5.97 Å². The Bertz CT molecular complexity index is 717. The first kappa shape index (κ1) is 19.6. The van der Waals surface area contributed by atoms with Crippen LogP contribution in [0.2, 0.25) is 0 Å². The van der Waals surface area contributed by atoms with Crippen molar-refractivity contribution in [3.05, 3.63) is 71.3 Å². The lowest BCUT2D eigenvalue weighted by Gasteiger charge is -2.30. The highest BCUT2D eigenvalue weighted by molar-refractivity contribution is 5.70. The van der Waals surface area contributed by atoms with E-state index in [4.69, 9.17) is 9.84 Å². The van der Waals surface area contributed by atoms with Gasteiger partial charge in [-0.1, -0.05) is 54.6 Å². The largest absolute Gasteiger partial charge is 0.481 e. The molecular weight excluding hydrogens is 338 g/mol. The van der Waals surface area contributed by atoms with Crippen LogP contribution in [0.4, 0.5) is 0 Å². The topological polar surface area (TPSA) is 49.8 Å². The van der Waals surface area contributed by atoms with Gasteiger partial charge in [-0.2, -0.15) is 0 Å². The van der Waals surface area contributed by atoms with E-state index in [-0.39, 0.29) is 5.92 Å². The molecule has 144 valence electrons. The molecule has 1 N–H and O–H groups in total. The summed E-state index contributed by atoms with van der Waals surface area (Å²) in [5.41, 5.74) is 4.02. The highest BCUT2D eigenvalue weighted by Gasteiger charge is 2.24. The van der Waals surface area contributed by atoms with Crippen molar-refractivity contribution in [1.82, 2.24) is 4.90 Å². The van der Waals surface area contributed by atoms with Crippen molar-refractivity contribution >= 4 is 5.97 Å². The Morgan fingerprint density at radius 1 is 1.04 bits per heavy atom. The Balaban J connectivity index is 1.41. The number of aliphatic carboxylic acids is 1. The molecule has 1 heterocycles. The van der Waals surface area contributed by atoms with Gasteiger partial charge >= 0.3 is 5.97 Å². The van der Waals surface area contributed by atoms with Crippen LogP contribution >= 0.6 is 0 Å². The Morgan fingerprint density at radius 3 is 2.56 bits per heavy atom. The van der Waals surface area contributed by atoms with Crippen LogP contribution in [0.1, 0.15) is 29.5 Å². The number of likely N-dealkylation sites (tertiary alicyclic amines) is 1. The highest BCUT2D eigenvalue weighted by atomic mass is 16.5. The van der Waals surface area contributed by atoms with Crippen LogP contribution in [0, 0.1) is 5.92 Å². The van der Waals surface area contributed by atoms with E-state index in [0.29, 0.717) is 19.8 Å². The first-order valence-corrected chi connectivity index (χ1v) is 9.86. The number of hydrogen-bond acceptors (Lipinski definition) is 3. The lowest BCUT2D eigenvalue weighted by Crippen LogP contribution is -2.40. The molecule has 0 unspecified atom stereocenters. The highest BCUT2D eigenvalue weighted by Crippen LogP contribution is 2.17. The van der Waals surface area contributed by atoms with Crippen molar-refractivity contribution in [2.24, 2.45) is 5.92 Å². The SMILES string of the molecule is O=C(O)[C@@H]1CCCN(CCOCCc2ccccc2Cc2ccccc2)C1. The van der Waals surface area contributed by atoms with Crippen molar-refractivity contribution in [1.29, 1.82) is 0 Å². The molecule has 4 nitrogen and oxygen atoms in total. The van der Waals surface area contributed by atoms with E-state index in [2.05, 4.69) is 53.4 Å². The second-order valence-corrected chi connectivity index (χ2v) is 7.27. The lowest BCUT2D eigenvalue weighted by atomic mass is 9.98. The molecule has 1 aliphatic rings. The van der Waals surface area contributed by atoms with Crippen LogP contribution in [-0.2, 0) is 22.4 Å². The molecule has 1 aliphatic heterocycles. The molecule has 0 aromatic heterocycles. The fraction of sp³-hybridized carbons (Fsp3) is 0.435. The van der Waals surface area contributed by atoms with E-state index in [9.17, 15) is 4.79 Å². The molecule has 0 amide bonds. The molecule has 0 aliphatic carbocycles. The molecule has 2 aromatic carbocycles. The molecular formula is C23H29NO3. The third-order valence-corrected chi connectivity index (χ3v) is 5.28. The number of ether oxygens (including phenoxy) is 1.